The van der Waals surface area contributed by atoms with Gasteiger partial charge < -0.3 is 33.8 Å². The summed E-state index contributed by atoms with van der Waals surface area (Å²) < 4.78 is 68.6. The van der Waals surface area contributed by atoms with E-state index in [0.717, 1.165) is 102 Å². The van der Waals surface area contributed by atoms with Gasteiger partial charge in [0.1, 0.15) is 19.3 Å². The first-order valence-electron chi connectivity index (χ1n) is 44.6. The SMILES string of the molecule is CCCCCCCCCCCCCCCCCCCCCCCC(=O)OC[C@H](COP(=O)(O)OC[C@@H](O)COP(=O)(O)OC[C@@H](COC(=O)CCCCCCC)OC(=O)CCCCCCCCCCCCCCCCCC(C)C)OC(=O)CCCCCCCCCCCCCCCCCCCCCCC. The van der Waals surface area contributed by atoms with Gasteiger partial charge in [0, 0.05) is 25.7 Å². The minimum Gasteiger partial charge on any atom is -0.462 e. The monoisotopic (exact) mass is 1540 g/mol. The van der Waals surface area contributed by atoms with E-state index in [-0.39, 0.29) is 25.7 Å². The maximum atomic E-state index is 13.1. The molecule has 0 spiro atoms. The molecule has 0 bridgehead atoms. The predicted octanol–water partition coefficient (Wildman–Crippen LogP) is 26.4. The van der Waals surface area contributed by atoms with Gasteiger partial charge in [0.25, 0.3) is 0 Å². The summed E-state index contributed by atoms with van der Waals surface area (Å²) >= 11 is 0. The molecule has 0 saturated heterocycles. The van der Waals surface area contributed by atoms with E-state index in [4.69, 9.17) is 37.0 Å². The summed E-state index contributed by atoms with van der Waals surface area (Å²) in [6, 6.07) is 0. The van der Waals surface area contributed by atoms with Crippen molar-refractivity contribution in [2.24, 2.45) is 5.92 Å². The molecule has 3 N–H and O–H groups in total. The number of aliphatic hydroxyl groups is 1. The van der Waals surface area contributed by atoms with E-state index in [0.29, 0.717) is 25.7 Å². The Morgan fingerprint density at radius 3 is 0.648 bits per heavy atom. The van der Waals surface area contributed by atoms with Crippen LogP contribution in [-0.4, -0.2) is 96.7 Å². The summed E-state index contributed by atoms with van der Waals surface area (Å²) in [5.41, 5.74) is 0. The third kappa shape index (κ3) is 79.9. The predicted molar refractivity (Wildman–Crippen MR) is 432 cm³/mol. The highest BCUT2D eigenvalue weighted by Gasteiger charge is 2.30. The number of carbonyl (C=O) groups excluding carboxylic acids is 4. The molecule has 5 atom stereocenters. The fourth-order valence-corrected chi connectivity index (χ4v) is 15.1. The molecule has 0 saturated carbocycles. The van der Waals surface area contributed by atoms with Crippen LogP contribution in [-0.2, 0) is 65.4 Å². The van der Waals surface area contributed by atoms with E-state index in [1.807, 2.05) is 0 Å². The molecule has 0 fully saturated rings. The van der Waals surface area contributed by atoms with Crippen LogP contribution in [0.4, 0.5) is 0 Å². The Morgan fingerprint density at radius 2 is 0.438 bits per heavy atom. The van der Waals surface area contributed by atoms with Crippen molar-refractivity contribution in [1.82, 2.24) is 0 Å². The molecule has 0 rings (SSSR count). The highest BCUT2D eigenvalue weighted by Crippen LogP contribution is 2.45. The van der Waals surface area contributed by atoms with Gasteiger partial charge in [-0.3, -0.25) is 37.3 Å². The molecule has 0 aromatic heterocycles. The Bertz CT molecular complexity index is 2000. The standard InChI is InChI=1S/C86H168O17P2/c1-6-9-12-15-17-19-21-23-25-27-29-31-33-35-39-43-47-51-55-60-65-70-84(89)97-76-82(103-86(91)72-67-61-56-52-48-44-40-36-34-32-30-28-26-24-22-20-18-16-13-10-7-2)78-101-105(94,95)99-74-80(87)73-98-104(92,93)100-77-81(75-96-83(88)69-64-58-14-11-8-3)102-85(90)71-66-62-57-53-49-45-41-37-38-42-46-50-54-59-63-68-79(4)5/h79-82,87H,6-78H2,1-5H3,(H,92,93)(H,94,95)/t80-,81+,82+/m0/s1. The fraction of sp³-hybridized carbons (Fsp3) is 0.953. The van der Waals surface area contributed by atoms with Crippen LogP contribution in [0.5, 0.6) is 0 Å². The van der Waals surface area contributed by atoms with E-state index in [9.17, 15) is 43.2 Å². The van der Waals surface area contributed by atoms with Gasteiger partial charge >= 0.3 is 39.5 Å². The molecule has 0 heterocycles. The molecule has 0 radical (unpaired) electrons. The first-order chi connectivity index (χ1) is 51.0. The molecule has 2 unspecified atom stereocenters. The fourth-order valence-electron chi connectivity index (χ4n) is 13.5. The van der Waals surface area contributed by atoms with Crippen molar-refractivity contribution in [2.75, 3.05) is 39.6 Å². The molecule has 624 valence electrons. The summed E-state index contributed by atoms with van der Waals surface area (Å²) in [5.74, 6) is -1.31. The maximum Gasteiger partial charge on any atom is 0.472 e. The second kappa shape index (κ2) is 78.7. The largest absolute Gasteiger partial charge is 0.472 e. The summed E-state index contributed by atoms with van der Waals surface area (Å²) in [6.07, 6.45) is 72.9. The molecule has 105 heavy (non-hydrogen) atoms. The van der Waals surface area contributed by atoms with Crippen molar-refractivity contribution < 1.29 is 80.2 Å². The molecule has 0 aliphatic rings. The van der Waals surface area contributed by atoms with Crippen LogP contribution in [0.2, 0.25) is 0 Å². The Morgan fingerprint density at radius 1 is 0.257 bits per heavy atom. The molecular weight excluding hydrogens is 1370 g/mol. The van der Waals surface area contributed by atoms with E-state index in [2.05, 4.69) is 34.6 Å². The lowest BCUT2D eigenvalue weighted by atomic mass is 10.0. The van der Waals surface area contributed by atoms with Crippen LogP contribution in [0.1, 0.15) is 465 Å². The molecule has 0 aliphatic carbocycles. The lowest BCUT2D eigenvalue weighted by Gasteiger charge is -2.21. The zero-order chi connectivity index (χ0) is 76.9. The highest BCUT2D eigenvalue weighted by atomic mass is 31.2. The van der Waals surface area contributed by atoms with E-state index < -0.39 is 97.5 Å². The smallest absolute Gasteiger partial charge is 0.462 e. The topological polar surface area (TPSA) is 237 Å². The zero-order valence-corrected chi connectivity index (χ0v) is 70.7. The quantitative estimate of drug-likeness (QED) is 0.0222. The number of ether oxygens (including phenoxy) is 4. The highest BCUT2D eigenvalue weighted by molar-refractivity contribution is 7.47. The lowest BCUT2D eigenvalue weighted by Crippen LogP contribution is -2.30. The summed E-state index contributed by atoms with van der Waals surface area (Å²) in [6.45, 7) is 7.29. The molecule has 17 nitrogen and oxygen atoms in total. The van der Waals surface area contributed by atoms with Gasteiger partial charge in [-0.15, -0.1) is 0 Å². The van der Waals surface area contributed by atoms with E-state index in [1.165, 1.54) is 283 Å². The normalized spacial score (nSPS) is 13.8. The van der Waals surface area contributed by atoms with Crippen molar-refractivity contribution in [3.63, 3.8) is 0 Å². The number of carbonyl (C=O) groups is 4. The maximum absolute atomic E-state index is 13.1. The first-order valence-corrected chi connectivity index (χ1v) is 47.6. The molecule has 19 heteroatoms. The van der Waals surface area contributed by atoms with Gasteiger partial charge in [0.2, 0.25) is 0 Å². The van der Waals surface area contributed by atoms with Crippen molar-refractivity contribution in [3.8, 4) is 0 Å². The van der Waals surface area contributed by atoms with Gasteiger partial charge in [0.15, 0.2) is 12.2 Å². The van der Waals surface area contributed by atoms with Gasteiger partial charge in [0.05, 0.1) is 26.4 Å². The minimum atomic E-state index is -4.96. The Kier molecular flexibility index (Phi) is 77.3. The van der Waals surface area contributed by atoms with Crippen molar-refractivity contribution in [3.05, 3.63) is 0 Å². The van der Waals surface area contributed by atoms with Crippen LogP contribution >= 0.6 is 15.6 Å². The number of aliphatic hydroxyl groups excluding tert-OH is 1. The Hall–Kier alpha value is -1.94. The molecule has 0 amide bonds. The number of unbranched alkanes of at least 4 members (excludes halogenated alkanes) is 58. The first kappa shape index (κ1) is 103. The number of esters is 4. The third-order valence-corrected chi connectivity index (χ3v) is 22.2. The summed E-state index contributed by atoms with van der Waals surface area (Å²) in [5, 5.41) is 10.6. The average Bonchev–Trinajstić information content (AvgIpc) is 0.908. The second-order valence-corrected chi connectivity index (χ2v) is 34.3. The van der Waals surface area contributed by atoms with Gasteiger partial charge in [-0.2, -0.15) is 0 Å². The Balaban J connectivity index is 5.09. The number of rotatable bonds is 86. The summed E-state index contributed by atoms with van der Waals surface area (Å²) in [7, 11) is -9.92. The molecule has 0 aromatic rings. The number of hydrogen-bond acceptors (Lipinski definition) is 15. The average molecular weight is 1540 g/mol. The van der Waals surface area contributed by atoms with Crippen LogP contribution < -0.4 is 0 Å². The lowest BCUT2D eigenvalue weighted by molar-refractivity contribution is -0.161. The number of hydrogen-bond donors (Lipinski definition) is 3. The zero-order valence-electron chi connectivity index (χ0n) is 68.9. The number of phosphoric acid groups is 2. The minimum absolute atomic E-state index is 0.107. The van der Waals surface area contributed by atoms with E-state index >= 15 is 0 Å². The van der Waals surface area contributed by atoms with Crippen LogP contribution in [0.25, 0.3) is 0 Å². The van der Waals surface area contributed by atoms with Crippen molar-refractivity contribution in [2.45, 2.75) is 483 Å². The molecule has 0 aromatic carbocycles. The van der Waals surface area contributed by atoms with Crippen molar-refractivity contribution >= 4 is 39.5 Å². The van der Waals surface area contributed by atoms with Crippen LogP contribution in [0.3, 0.4) is 0 Å². The van der Waals surface area contributed by atoms with Crippen LogP contribution in [0.15, 0.2) is 0 Å². The summed E-state index contributed by atoms with van der Waals surface area (Å²) in [4.78, 5) is 72.9. The molecule has 0 aliphatic heterocycles. The van der Waals surface area contributed by atoms with Gasteiger partial charge in [-0.1, -0.05) is 413 Å². The van der Waals surface area contributed by atoms with Gasteiger partial charge in [-0.05, 0) is 31.6 Å². The van der Waals surface area contributed by atoms with E-state index in [1.54, 1.807) is 0 Å². The van der Waals surface area contributed by atoms with Crippen molar-refractivity contribution in [1.29, 1.82) is 0 Å². The second-order valence-electron chi connectivity index (χ2n) is 31.4. The van der Waals surface area contributed by atoms with Crippen LogP contribution in [0, 0.1) is 5.92 Å². The third-order valence-electron chi connectivity index (χ3n) is 20.3. The van der Waals surface area contributed by atoms with Gasteiger partial charge in [-0.25, -0.2) is 9.13 Å². The number of phosphoric ester groups is 2. The molecular formula is C86H168O17P2. The Labute approximate surface area is 645 Å².